The zero-order valence-corrected chi connectivity index (χ0v) is 21.1. The van der Waals surface area contributed by atoms with Crippen molar-refractivity contribution in [3.05, 3.63) is 68.8 Å². The minimum absolute atomic E-state index is 0.0386. The van der Waals surface area contributed by atoms with Gasteiger partial charge in [0.25, 0.3) is 5.69 Å². The number of nitrogens with zero attached hydrogens (tertiary/aromatic N) is 4. The molecule has 0 radical (unpaired) electrons. The molecule has 0 amide bonds. The number of sulfonamides is 1. The van der Waals surface area contributed by atoms with Crippen LogP contribution in [0.5, 0.6) is 0 Å². The number of nitro groups is 1. The van der Waals surface area contributed by atoms with Gasteiger partial charge < -0.3 is 14.0 Å². The maximum Gasteiger partial charge on any atom is 0.269 e. The van der Waals surface area contributed by atoms with Gasteiger partial charge in [0, 0.05) is 37.2 Å². The molecule has 3 heterocycles. The molecular weight excluding hydrogens is 504 g/mol. The summed E-state index contributed by atoms with van der Waals surface area (Å²) in [5.74, 6) is 0. The van der Waals surface area contributed by atoms with E-state index in [1.807, 2.05) is 5.38 Å². The van der Waals surface area contributed by atoms with Crippen molar-refractivity contribution in [3.63, 3.8) is 0 Å². The van der Waals surface area contributed by atoms with Crippen LogP contribution in [0.2, 0.25) is 0 Å². The van der Waals surface area contributed by atoms with E-state index in [1.165, 1.54) is 27.8 Å². The number of benzene rings is 2. The van der Waals surface area contributed by atoms with E-state index in [0.29, 0.717) is 38.5 Å². The minimum Gasteiger partial charge on any atom is -0.379 e. The number of hydrogen-bond acceptors (Lipinski definition) is 8. The van der Waals surface area contributed by atoms with Crippen LogP contribution in [0.4, 0.5) is 11.4 Å². The Morgan fingerprint density at radius 2 is 1.78 bits per heavy atom. The molecule has 0 aliphatic carbocycles. The lowest BCUT2D eigenvalue weighted by Crippen LogP contribution is -2.40. The summed E-state index contributed by atoms with van der Waals surface area (Å²) in [6, 6.07) is 13.0. The van der Waals surface area contributed by atoms with Gasteiger partial charge in [-0.2, -0.15) is 4.31 Å². The lowest BCUT2D eigenvalue weighted by molar-refractivity contribution is -0.384. The van der Waals surface area contributed by atoms with E-state index < -0.39 is 14.9 Å². The smallest absolute Gasteiger partial charge is 0.269 e. The monoisotopic (exact) mass is 530 g/mol. The Kier molecular flexibility index (Phi) is 7.30. The van der Waals surface area contributed by atoms with Gasteiger partial charge in [0.05, 0.1) is 47.1 Å². The molecule has 0 N–H and O–H groups in total. The molecule has 1 unspecified atom stereocenters. The van der Waals surface area contributed by atoms with Crippen LogP contribution in [0.15, 0.2) is 63.8 Å². The number of non-ortho nitro benzene ring substituents is 1. The molecule has 2 aromatic carbocycles. The highest BCUT2D eigenvalue weighted by molar-refractivity contribution is 7.89. The van der Waals surface area contributed by atoms with E-state index in [1.54, 1.807) is 36.4 Å². The second-order valence-electron chi connectivity index (χ2n) is 8.58. The molecule has 5 rings (SSSR count). The van der Waals surface area contributed by atoms with Crippen molar-refractivity contribution in [3.8, 4) is 11.3 Å². The fourth-order valence-corrected chi connectivity index (χ4v) is 6.66. The van der Waals surface area contributed by atoms with E-state index in [-0.39, 0.29) is 16.7 Å². The van der Waals surface area contributed by atoms with Crippen molar-refractivity contribution in [1.29, 1.82) is 0 Å². The lowest BCUT2D eigenvalue weighted by Gasteiger charge is -2.26. The zero-order valence-electron chi connectivity index (χ0n) is 19.5. The Morgan fingerprint density at radius 1 is 1.06 bits per heavy atom. The summed E-state index contributed by atoms with van der Waals surface area (Å²) >= 11 is 1.46. The van der Waals surface area contributed by atoms with Gasteiger partial charge in [0.1, 0.15) is 0 Å². The maximum absolute atomic E-state index is 12.9. The van der Waals surface area contributed by atoms with E-state index in [0.717, 1.165) is 35.5 Å². The van der Waals surface area contributed by atoms with Crippen molar-refractivity contribution >= 4 is 32.7 Å². The molecule has 0 spiro atoms. The number of morpholine rings is 1. The van der Waals surface area contributed by atoms with Crippen molar-refractivity contribution in [2.24, 2.45) is 4.99 Å². The second kappa shape index (κ2) is 10.6. The Bertz CT molecular complexity index is 1390. The van der Waals surface area contributed by atoms with Crippen LogP contribution in [0.3, 0.4) is 0 Å². The minimum atomic E-state index is -3.57. The van der Waals surface area contributed by atoms with Gasteiger partial charge in [0.2, 0.25) is 10.0 Å². The topological polar surface area (TPSA) is 116 Å². The molecule has 3 aromatic rings. The molecule has 1 atom stereocenters. The highest BCUT2D eigenvalue weighted by Gasteiger charge is 2.26. The first-order chi connectivity index (χ1) is 17.4. The van der Waals surface area contributed by atoms with Gasteiger partial charge in [-0.3, -0.25) is 10.1 Å². The molecule has 190 valence electrons. The van der Waals surface area contributed by atoms with E-state index in [2.05, 4.69) is 4.57 Å². The average molecular weight is 531 g/mol. The van der Waals surface area contributed by atoms with Crippen LogP contribution >= 0.6 is 11.3 Å². The quantitative estimate of drug-likeness (QED) is 0.341. The third-order valence-corrected chi connectivity index (χ3v) is 9.03. The highest BCUT2D eigenvalue weighted by Crippen LogP contribution is 2.26. The largest absolute Gasteiger partial charge is 0.379 e. The Morgan fingerprint density at radius 3 is 2.42 bits per heavy atom. The first-order valence-electron chi connectivity index (χ1n) is 11.7. The van der Waals surface area contributed by atoms with Crippen molar-refractivity contribution in [1.82, 2.24) is 8.87 Å². The van der Waals surface area contributed by atoms with Gasteiger partial charge in [-0.1, -0.05) is 0 Å². The molecule has 0 bridgehead atoms. The van der Waals surface area contributed by atoms with Gasteiger partial charge in [-0.15, -0.1) is 11.3 Å². The SMILES string of the molecule is O=[N+]([O-])c1ccc(-c2csc(=Nc3ccc(S(=O)(=O)N4CCOCC4)cc3)n2CC2CCCO2)cc1. The van der Waals surface area contributed by atoms with E-state index in [9.17, 15) is 18.5 Å². The van der Waals surface area contributed by atoms with Crippen LogP contribution in [-0.2, 0) is 26.0 Å². The maximum atomic E-state index is 12.9. The molecule has 2 aliphatic heterocycles. The normalized spacial score (nSPS) is 19.6. The van der Waals surface area contributed by atoms with Crippen molar-refractivity contribution in [2.45, 2.75) is 30.4 Å². The number of thiazole rings is 1. The van der Waals surface area contributed by atoms with Crippen LogP contribution < -0.4 is 4.80 Å². The van der Waals surface area contributed by atoms with Crippen LogP contribution in [0, 0.1) is 10.1 Å². The Labute approximate surface area is 212 Å². The molecule has 36 heavy (non-hydrogen) atoms. The third-order valence-electron chi connectivity index (χ3n) is 6.25. The average Bonchev–Trinajstić information content (AvgIpc) is 3.56. The fraction of sp³-hybridized carbons (Fsp3) is 0.375. The summed E-state index contributed by atoms with van der Waals surface area (Å²) in [7, 11) is -3.57. The standard InChI is InChI=1S/C24H26N4O6S2/c29-28(30)20-7-3-18(4-8-20)23-17-35-24(27(23)16-21-2-1-13-34-21)25-19-5-9-22(10-6-19)36(31,32)26-11-14-33-15-12-26/h3-10,17,21H,1-2,11-16H2. The summed E-state index contributed by atoms with van der Waals surface area (Å²) in [5, 5.41) is 13.0. The summed E-state index contributed by atoms with van der Waals surface area (Å²) in [4.78, 5) is 16.4. The molecule has 0 saturated carbocycles. The van der Waals surface area contributed by atoms with E-state index >= 15 is 0 Å². The number of nitro benzene ring substituents is 1. The number of rotatable bonds is 7. The molecule has 2 saturated heterocycles. The Balaban J connectivity index is 1.47. The molecule has 1 aromatic heterocycles. The third kappa shape index (κ3) is 5.27. The summed E-state index contributed by atoms with van der Waals surface area (Å²) in [5.41, 5.74) is 2.42. The lowest BCUT2D eigenvalue weighted by atomic mass is 10.1. The highest BCUT2D eigenvalue weighted by atomic mass is 32.2. The van der Waals surface area contributed by atoms with Gasteiger partial charge >= 0.3 is 0 Å². The summed E-state index contributed by atoms with van der Waals surface area (Å²) < 4.78 is 40.5. The zero-order chi connectivity index (χ0) is 25.1. The fourth-order valence-electron chi connectivity index (χ4n) is 4.31. The second-order valence-corrected chi connectivity index (χ2v) is 11.3. The number of hydrogen-bond donors (Lipinski definition) is 0. The Hall–Kier alpha value is -2.90. The molecule has 2 aliphatic rings. The van der Waals surface area contributed by atoms with Crippen molar-refractivity contribution in [2.75, 3.05) is 32.9 Å². The molecule has 12 heteroatoms. The summed E-state index contributed by atoms with van der Waals surface area (Å²) in [6.07, 6.45) is 2.03. The number of aromatic nitrogens is 1. The predicted molar refractivity (Wildman–Crippen MR) is 135 cm³/mol. The van der Waals surface area contributed by atoms with Gasteiger partial charge in [0.15, 0.2) is 4.80 Å². The molecule has 2 fully saturated rings. The van der Waals surface area contributed by atoms with E-state index in [4.69, 9.17) is 14.5 Å². The predicted octanol–water partition coefficient (Wildman–Crippen LogP) is 3.56. The summed E-state index contributed by atoms with van der Waals surface area (Å²) in [6.45, 7) is 2.82. The number of ether oxygens (including phenoxy) is 2. The van der Waals surface area contributed by atoms with Crippen LogP contribution in [-0.4, -0.2) is 61.2 Å². The first-order valence-corrected chi connectivity index (χ1v) is 14.0. The van der Waals surface area contributed by atoms with Crippen LogP contribution in [0.1, 0.15) is 12.8 Å². The van der Waals surface area contributed by atoms with Crippen molar-refractivity contribution < 1.29 is 22.8 Å². The van der Waals surface area contributed by atoms with Gasteiger partial charge in [-0.05, 0) is 54.8 Å². The molecular formula is C24H26N4O6S2. The van der Waals surface area contributed by atoms with Gasteiger partial charge in [-0.25, -0.2) is 13.4 Å². The first kappa shape index (κ1) is 24.8. The van der Waals surface area contributed by atoms with Crippen LogP contribution in [0.25, 0.3) is 11.3 Å². The molecule has 10 nitrogen and oxygen atoms in total.